The third-order valence-corrected chi connectivity index (χ3v) is 8.58. The van der Waals surface area contributed by atoms with E-state index in [4.69, 9.17) is 9.72 Å². The molecule has 1 N–H and O–H groups in total. The molecule has 0 spiro atoms. The molecule has 2 aliphatic rings. The lowest BCUT2D eigenvalue weighted by Gasteiger charge is -2.40. The van der Waals surface area contributed by atoms with Gasteiger partial charge in [0.15, 0.2) is 5.82 Å². The molecular weight excluding hydrogens is 498 g/mol. The number of ether oxygens (including phenoxy) is 1. The third-order valence-electron chi connectivity index (χ3n) is 7.66. The van der Waals surface area contributed by atoms with Crippen LogP contribution in [0.4, 0.5) is 23.1 Å². The summed E-state index contributed by atoms with van der Waals surface area (Å²) >= 11 is 1.60. The molecule has 1 fully saturated rings. The number of fused-ring (bicyclic) bond motifs is 1. The number of nitrogens with one attached hydrogen (secondary N) is 1. The van der Waals surface area contributed by atoms with Crippen LogP contribution in [-0.4, -0.2) is 65.6 Å². The van der Waals surface area contributed by atoms with Crippen LogP contribution in [0.5, 0.6) is 5.75 Å². The summed E-state index contributed by atoms with van der Waals surface area (Å²) in [6, 6.07) is 6.13. The van der Waals surface area contributed by atoms with Crippen LogP contribution < -0.4 is 19.9 Å². The molecule has 4 heterocycles. The second-order valence-electron chi connectivity index (χ2n) is 10.1. The minimum atomic E-state index is -0.301. The molecule has 3 aromatic rings. The Balaban J connectivity index is 1.46. The topological polar surface area (TPSA) is 86.7 Å². The van der Waals surface area contributed by atoms with Gasteiger partial charge in [-0.1, -0.05) is 13.0 Å². The summed E-state index contributed by atoms with van der Waals surface area (Å²) in [4.78, 5) is 34.4. The van der Waals surface area contributed by atoms with Gasteiger partial charge in [0.25, 0.3) is 0 Å². The number of nitrogens with zero attached hydrogens (tertiary/aromatic N) is 6. The summed E-state index contributed by atoms with van der Waals surface area (Å²) in [6.45, 7) is 9.42. The number of hydrogen-bond acceptors (Lipinski definition) is 9. The number of piperidine rings is 1. The summed E-state index contributed by atoms with van der Waals surface area (Å²) in [6.07, 6.45) is 4.72. The van der Waals surface area contributed by atoms with Gasteiger partial charge < -0.3 is 24.8 Å². The summed E-state index contributed by atoms with van der Waals surface area (Å²) in [7, 11) is 3.98. The van der Waals surface area contributed by atoms with Gasteiger partial charge >= 0.3 is 0 Å². The molecule has 0 bridgehead atoms. The van der Waals surface area contributed by atoms with E-state index < -0.39 is 0 Å². The number of carbonyl (C=O) groups is 1. The Morgan fingerprint density at radius 2 is 1.95 bits per heavy atom. The maximum absolute atomic E-state index is 13.2. The largest absolute Gasteiger partial charge is 0.492 e. The molecule has 0 unspecified atom stereocenters. The van der Waals surface area contributed by atoms with Crippen LogP contribution in [-0.2, 0) is 11.3 Å². The number of hydrogen-bond donors (Lipinski definition) is 1. The molecule has 2 aromatic heterocycles. The summed E-state index contributed by atoms with van der Waals surface area (Å²) in [5, 5.41) is 3.40. The Kier molecular flexibility index (Phi) is 7.80. The van der Waals surface area contributed by atoms with E-state index in [1.54, 1.807) is 29.5 Å². The summed E-state index contributed by atoms with van der Waals surface area (Å²) < 4.78 is 6.05. The highest BCUT2D eigenvalue weighted by Gasteiger charge is 2.37. The number of benzene rings is 1. The van der Waals surface area contributed by atoms with Crippen LogP contribution in [0.25, 0.3) is 0 Å². The van der Waals surface area contributed by atoms with Crippen molar-refractivity contribution in [2.24, 2.45) is 0 Å². The average molecular weight is 536 g/mol. The van der Waals surface area contributed by atoms with E-state index in [2.05, 4.69) is 50.3 Å². The predicted molar refractivity (Wildman–Crippen MR) is 153 cm³/mol. The van der Waals surface area contributed by atoms with E-state index in [1.165, 1.54) is 5.56 Å². The molecule has 1 amide bonds. The molecule has 2 aliphatic heterocycles. The predicted octanol–water partition coefficient (Wildman–Crippen LogP) is 4.95. The number of carbonyl (C=O) groups excluding carboxylic acids is 1. The van der Waals surface area contributed by atoms with Crippen molar-refractivity contribution in [3.05, 3.63) is 46.0 Å². The first-order valence-corrected chi connectivity index (χ1v) is 14.3. The number of likely N-dealkylation sites (tertiary alicyclic amines) is 1. The van der Waals surface area contributed by atoms with Crippen molar-refractivity contribution in [3.8, 4) is 5.75 Å². The first-order valence-electron chi connectivity index (χ1n) is 13.4. The third kappa shape index (κ3) is 5.19. The van der Waals surface area contributed by atoms with Crippen LogP contribution >= 0.6 is 11.3 Å². The van der Waals surface area contributed by atoms with Crippen molar-refractivity contribution in [2.75, 3.05) is 48.9 Å². The van der Waals surface area contributed by atoms with Crippen molar-refractivity contribution in [1.29, 1.82) is 0 Å². The molecule has 38 heavy (non-hydrogen) atoms. The van der Waals surface area contributed by atoms with E-state index in [9.17, 15) is 4.79 Å². The Bertz CT molecular complexity index is 1290. The highest BCUT2D eigenvalue weighted by atomic mass is 32.1. The van der Waals surface area contributed by atoms with E-state index in [0.717, 1.165) is 53.8 Å². The maximum atomic E-state index is 13.2. The number of aromatic nitrogens is 3. The van der Waals surface area contributed by atoms with Gasteiger partial charge in [-0.25, -0.2) is 9.97 Å². The van der Waals surface area contributed by atoms with Gasteiger partial charge in [-0.3, -0.25) is 4.79 Å². The Morgan fingerprint density at radius 1 is 1.16 bits per heavy atom. The fourth-order valence-electron chi connectivity index (χ4n) is 5.34. The number of amides is 1. The van der Waals surface area contributed by atoms with Gasteiger partial charge in [-0.2, -0.15) is 4.98 Å². The second kappa shape index (κ2) is 11.2. The zero-order chi connectivity index (χ0) is 26.8. The van der Waals surface area contributed by atoms with Crippen molar-refractivity contribution in [2.45, 2.75) is 58.5 Å². The van der Waals surface area contributed by atoms with Crippen LogP contribution in [0.2, 0.25) is 0 Å². The Labute approximate surface area is 228 Å². The van der Waals surface area contributed by atoms with Crippen molar-refractivity contribution in [1.82, 2.24) is 19.9 Å². The quantitative estimate of drug-likeness (QED) is 0.433. The lowest BCUT2D eigenvalue weighted by Crippen LogP contribution is -2.52. The Morgan fingerprint density at radius 3 is 2.63 bits per heavy atom. The van der Waals surface area contributed by atoms with E-state index in [0.29, 0.717) is 37.1 Å². The molecule has 0 aliphatic carbocycles. The molecule has 202 valence electrons. The van der Waals surface area contributed by atoms with Gasteiger partial charge in [-0.05, 0) is 76.9 Å². The highest BCUT2D eigenvalue weighted by molar-refractivity contribution is 7.09. The summed E-state index contributed by atoms with van der Waals surface area (Å²) in [5.41, 5.74) is 5.68. The maximum Gasteiger partial charge on any atom is 0.249 e. The smallest absolute Gasteiger partial charge is 0.249 e. The van der Waals surface area contributed by atoms with E-state index in [-0.39, 0.29) is 11.9 Å². The van der Waals surface area contributed by atoms with Crippen molar-refractivity contribution >= 4 is 40.4 Å². The zero-order valence-electron chi connectivity index (χ0n) is 22.9. The average Bonchev–Trinajstić information content (AvgIpc) is 3.33. The van der Waals surface area contributed by atoms with Gasteiger partial charge in [-0.15, -0.1) is 11.3 Å². The standard InChI is InChI=1S/C28H37N7O2S/c1-6-22-27(36)34(5)23-15-29-28(32-26(23)35(22)16-25-18(3)30-17-38-25)31-21-9-8-20(14-24(21)37-7-2)19-10-12-33(4)13-11-19/h8-9,14-15,17,19,22H,6-7,10-13,16H2,1-5H3,(H,29,31,32)/t22-/m1/s1. The van der Waals surface area contributed by atoms with Crippen LogP contribution in [0.15, 0.2) is 29.9 Å². The summed E-state index contributed by atoms with van der Waals surface area (Å²) in [5.74, 6) is 2.61. The second-order valence-corrected chi connectivity index (χ2v) is 11.0. The molecule has 1 saturated heterocycles. The van der Waals surface area contributed by atoms with E-state index >= 15 is 0 Å². The molecule has 9 nitrogen and oxygen atoms in total. The van der Waals surface area contributed by atoms with Crippen molar-refractivity contribution < 1.29 is 9.53 Å². The van der Waals surface area contributed by atoms with Crippen LogP contribution in [0, 0.1) is 6.92 Å². The number of likely N-dealkylation sites (N-methyl/N-ethyl adjacent to an activating group) is 1. The highest BCUT2D eigenvalue weighted by Crippen LogP contribution is 2.38. The first kappa shape index (κ1) is 26.4. The number of thiazole rings is 1. The van der Waals surface area contributed by atoms with Crippen LogP contribution in [0.3, 0.4) is 0 Å². The first-order chi connectivity index (χ1) is 18.4. The van der Waals surface area contributed by atoms with Gasteiger partial charge in [0, 0.05) is 11.9 Å². The number of aryl methyl sites for hydroxylation is 1. The van der Waals surface area contributed by atoms with Gasteiger partial charge in [0.1, 0.15) is 17.5 Å². The van der Waals surface area contributed by atoms with Gasteiger partial charge in [0.2, 0.25) is 11.9 Å². The number of anilines is 4. The molecule has 5 rings (SSSR count). The molecule has 10 heteroatoms. The molecule has 0 saturated carbocycles. The molecule has 1 aromatic carbocycles. The normalized spacial score (nSPS) is 18.6. The fourth-order valence-corrected chi connectivity index (χ4v) is 6.12. The van der Waals surface area contributed by atoms with Crippen molar-refractivity contribution in [3.63, 3.8) is 0 Å². The lowest BCUT2D eigenvalue weighted by atomic mass is 9.89. The molecule has 1 atom stereocenters. The Hall–Kier alpha value is -3.24. The minimum Gasteiger partial charge on any atom is -0.492 e. The van der Waals surface area contributed by atoms with Gasteiger partial charge in [0.05, 0.1) is 36.2 Å². The van der Waals surface area contributed by atoms with Crippen LogP contribution in [0.1, 0.15) is 55.2 Å². The fraction of sp³-hybridized carbons (Fsp3) is 0.500. The zero-order valence-corrected chi connectivity index (χ0v) is 23.7. The van der Waals surface area contributed by atoms with E-state index in [1.807, 2.05) is 26.3 Å². The molecule has 0 radical (unpaired) electrons. The lowest BCUT2D eigenvalue weighted by molar-refractivity contribution is -0.120. The SMILES string of the molecule is CCOc1cc(C2CCN(C)CC2)ccc1Nc1ncc2c(n1)N(Cc1scnc1C)[C@H](CC)C(=O)N2C. The minimum absolute atomic E-state index is 0.0506. The molecular formula is C28H37N7O2S. The monoisotopic (exact) mass is 535 g/mol. The number of rotatable bonds is 8.